The van der Waals surface area contributed by atoms with Gasteiger partial charge in [0.15, 0.2) is 0 Å². The number of nitrogens with two attached hydrogens (primary N) is 1. The van der Waals surface area contributed by atoms with Gasteiger partial charge in [-0.3, -0.25) is 0 Å². The molecule has 1 aromatic heterocycles. The lowest BCUT2D eigenvalue weighted by molar-refractivity contribution is 0.414. The van der Waals surface area contributed by atoms with Crippen molar-refractivity contribution in [3.63, 3.8) is 0 Å². The standard InChI is InChI=1S/C15H21N5O/c1-21-13-8-6-7-12(11-13)20-14(16)17-15(18-20)19-9-4-2-3-5-10-19/h6-8,11H,2-5,9-10H2,1H3,(H2,16,17,18). The molecule has 2 heterocycles. The van der Waals surface area contributed by atoms with Crippen molar-refractivity contribution in [1.82, 2.24) is 14.8 Å². The van der Waals surface area contributed by atoms with Gasteiger partial charge in [-0.2, -0.15) is 9.67 Å². The van der Waals surface area contributed by atoms with Crippen LogP contribution in [0.3, 0.4) is 0 Å². The number of methoxy groups -OCH3 is 1. The van der Waals surface area contributed by atoms with Gasteiger partial charge < -0.3 is 15.4 Å². The van der Waals surface area contributed by atoms with Crippen LogP contribution in [0.2, 0.25) is 0 Å². The van der Waals surface area contributed by atoms with Crippen molar-refractivity contribution in [3.8, 4) is 11.4 Å². The van der Waals surface area contributed by atoms with Crippen LogP contribution in [0.15, 0.2) is 24.3 Å². The molecule has 0 bridgehead atoms. The number of ether oxygens (including phenoxy) is 1. The normalized spacial score (nSPS) is 15.8. The molecule has 1 aromatic carbocycles. The second-order valence-electron chi connectivity index (χ2n) is 5.28. The first-order valence-corrected chi connectivity index (χ1v) is 7.40. The fourth-order valence-electron chi connectivity index (χ4n) is 2.65. The van der Waals surface area contributed by atoms with Gasteiger partial charge in [0.05, 0.1) is 12.8 Å². The molecule has 0 atom stereocenters. The fraction of sp³-hybridized carbons (Fsp3) is 0.467. The minimum Gasteiger partial charge on any atom is -0.497 e. The van der Waals surface area contributed by atoms with Crippen molar-refractivity contribution in [1.29, 1.82) is 0 Å². The van der Waals surface area contributed by atoms with Crippen molar-refractivity contribution >= 4 is 11.9 Å². The van der Waals surface area contributed by atoms with Crippen LogP contribution in [0.1, 0.15) is 25.7 Å². The Labute approximate surface area is 124 Å². The first-order chi connectivity index (χ1) is 10.3. The lowest BCUT2D eigenvalue weighted by atomic mass is 10.2. The Hall–Kier alpha value is -2.24. The van der Waals surface area contributed by atoms with Crippen LogP contribution in [-0.4, -0.2) is 35.0 Å². The second-order valence-corrected chi connectivity index (χ2v) is 5.28. The van der Waals surface area contributed by atoms with Gasteiger partial charge in [-0.05, 0) is 25.0 Å². The summed E-state index contributed by atoms with van der Waals surface area (Å²) in [5.41, 5.74) is 6.89. The molecule has 2 N–H and O–H groups in total. The summed E-state index contributed by atoms with van der Waals surface area (Å²) in [5.74, 6) is 1.90. The van der Waals surface area contributed by atoms with Crippen molar-refractivity contribution < 1.29 is 4.74 Å². The summed E-state index contributed by atoms with van der Waals surface area (Å²) in [4.78, 5) is 6.64. The van der Waals surface area contributed by atoms with E-state index < -0.39 is 0 Å². The van der Waals surface area contributed by atoms with Crippen LogP contribution in [0.4, 0.5) is 11.9 Å². The van der Waals surface area contributed by atoms with Gasteiger partial charge in [-0.1, -0.05) is 18.9 Å². The number of benzene rings is 1. The number of anilines is 2. The van der Waals surface area contributed by atoms with E-state index in [4.69, 9.17) is 10.5 Å². The molecule has 6 nitrogen and oxygen atoms in total. The number of nitrogens with zero attached hydrogens (tertiary/aromatic N) is 4. The monoisotopic (exact) mass is 287 g/mol. The smallest absolute Gasteiger partial charge is 0.246 e. The van der Waals surface area contributed by atoms with Crippen molar-refractivity contribution in [3.05, 3.63) is 24.3 Å². The van der Waals surface area contributed by atoms with Crippen LogP contribution in [0.25, 0.3) is 5.69 Å². The molecular weight excluding hydrogens is 266 g/mol. The first kappa shape index (κ1) is 13.7. The van der Waals surface area contributed by atoms with E-state index in [1.807, 2.05) is 24.3 Å². The zero-order valence-corrected chi connectivity index (χ0v) is 12.3. The summed E-state index contributed by atoms with van der Waals surface area (Å²) in [6, 6.07) is 7.66. The maximum absolute atomic E-state index is 6.03. The molecule has 6 heteroatoms. The molecule has 2 aromatic rings. The van der Waals surface area contributed by atoms with Crippen LogP contribution in [0, 0.1) is 0 Å². The van der Waals surface area contributed by atoms with E-state index in [9.17, 15) is 0 Å². The summed E-state index contributed by atoms with van der Waals surface area (Å²) in [7, 11) is 1.65. The summed E-state index contributed by atoms with van der Waals surface area (Å²) in [6.45, 7) is 2.00. The summed E-state index contributed by atoms with van der Waals surface area (Å²) >= 11 is 0. The Kier molecular flexibility index (Phi) is 3.94. The van der Waals surface area contributed by atoms with Gasteiger partial charge in [-0.15, -0.1) is 5.10 Å². The van der Waals surface area contributed by atoms with E-state index in [0.29, 0.717) is 5.95 Å². The van der Waals surface area contributed by atoms with Crippen LogP contribution in [-0.2, 0) is 0 Å². The minimum absolute atomic E-state index is 0.405. The molecule has 0 amide bonds. The molecule has 0 radical (unpaired) electrons. The van der Waals surface area contributed by atoms with E-state index >= 15 is 0 Å². The molecule has 112 valence electrons. The lowest BCUT2D eigenvalue weighted by Gasteiger charge is -2.17. The number of hydrogen-bond acceptors (Lipinski definition) is 5. The van der Waals surface area contributed by atoms with Crippen LogP contribution >= 0.6 is 0 Å². The number of aromatic nitrogens is 3. The lowest BCUT2D eigenvalue weighted by Crippen LogP contribution is -2.25. The van der Waals surface area contributed by atoms with E-state index in [1.165, 1.54) is 25.7 Å². The van der Waals surface area contributed by atoms with Gasteiger partial charge in [0.1, 0.15) is 5.75 Å². The Morgan fingerprint density at radius 1 is 1.14 bits per heavy atom. The van der Waals surface area contributed by atoms with E-state index in [1.54, 1.807) is 11.8 Å². The molecule has 21 heavy (non-hydrogen) atoms. The molecule has 3 rings (SSSR count). The third-order valence-corrected chi connectivity index (χ3v) is 3.81. The Morgan fingerprint density at radius 2 is 1.90 bits per heavy atom. The van der Waals surface area contributed by atoms with Crippen molar-refractivity contribution in [2.24, 2.45) is 0 Å². The number of hydrogen-bond donors (Lipinski definition) is 1. The van der Waals surface area contributed by atoms with Gasteiger partial charge in [-0.25, -0.2) is 0 Å². The molecule has 1 fully saturated rings. The Balaban J connectivity index is 1.89. The molecule has 1 aliphatic rings. The minimum atomic E-state index is 0.405. The molecule has 1 saturated heterocycles. The molecule has 1 aliphatic heterocycles. The zero-order chi connectivity index (χ0) is 14.7. The SMILES string of the molecule is COc1cccc(-n2nc(N3CCCCCC3)nc2N)c1. The van der Waals surface area contributed by atoms with Crippen molar-refractivity contribution in [2.75, 3.05) is 30.8 Å². The largest absolute Gasteiger partial charge is 0.497 e. The van der Waals surface area contributed by atoms with Gasteiger partial charge in [0.2, 0.25) is 11.9 Å². The number of nitrogen functional groups attached to an aromatic ring is 1. The predicted molar refractivity (Wildman–Crippen MR) is 83.0 cm³/mol. The quantitative estimate of drug-likeness (QED) is 0.937. The topological polar surface area (TPSA) is 69.2 Å². The molecule has 0 spiro atoms. The highest BCUT2D eigenvalue weighted by Crippen LogP contribution is 2.22. The highest BCUT2D eigenvalue weighted by atomic mass is 16.5. The molecule has 0 unspecified atom stereocenters. The van der Waals surface area contributed by atoms with E-state index in [-0.39, 0.29) is 0 Å². The predicted octanol–water partition coefficient (Wildman–Crippen LogP) is 2.24. The molecule has 0 saturated carbocycles. The number of rotatable bonds is 3. The zero-order valence-electron chi connectivity index (χ0n) is 12.3. The maximum Gasteiger partial charge on any atom is 0.246 e. The fourth-order valence-corrected chi connectivity index (χ4v) is 2.65. The molecular formula is C15H21N5O. The Morgan fingerprint density at radius 3 is 2.62 bits per heavy atom. The average molecular weight is 287 g/mol. The van der Waals surface area contributed by atoms with Gasteiger partial charge in [0.25, 0.3) is 0 Å². The van der Waals surface area contributed by atoms with Crippen molar-refractivity contribution in [2.45, 2.75) is 25.7 Å². The van der Waals surface area contributed by atoms with Crippen LogP contribution in [0.5, 0.6) is 5.75 Å². The first-order valence-electron chi connectivity index (χ1n) is 7.40. The third kappa shape index (κ3) is 2.94. The second kappa shape index (κ2) is 6.03. The van der Waals surface area contributed by atoms with Crippen LogP contribution < -0.4 is 15.4 Å². The highest BCUT2D eigenvalue weighted by molar-refractivity contribution is 5.46. The van der Waals surface area contributed by atoms with E-state index in [0.717, 1.165) is 30.5 Å². The summed E-state index contributed by atoms with van der Waals surface area (Å²) in [5, 5.41) is 4.57. The summed E-state index contributed by atoms with van der Waals surface area (Å²) < 4.78 is 6.91. The van der Waals surface area contributed by atoms with Gasteiger partial charge >= 0.3 is 0 Å². The molecule has 0 aliphatic carbocycles. The summed E-state index contributed by atoms with van der Waals surface area (Å²) in [6.07, 6.45) is 4.94. The van der Waals surface area contributed by atoms with Gasteiger partial charge in [0, 0.05) is 19.2 Å². The van der Waals surface area contributed by atoms with E-state index in [2.05, 4.69) is 15.0 Å². The third-order valence-electron chi connectivity index (χ3n) is 3.81. The maximum atomic E-state index is 6.03. The highest BCUT2D eigenvalue weighted by Gasteiger charge is 2.17. The Bertz CT molecular complexity index is 602. The average Bonchev–Trinajstić information content (AvgIpc) is 2.74.